The maximum atomic E-state index is 13.7. The molecule has 1 amide bonds. The number of carbonyl (C=O) groups excluding carboxylic acids is 1. The Kier molecular flexibility index (Phi) is 5.84. The second kappa shape index (κ2) is 8.54. The average molecular weight is 411 g/mol. The van der Waals surface area contributed by atoms with Crippen LogP contribution in [0.2, 0.25) is 0 Å². The summed E-state index contributed by atoms with van der Waals surface area (Å²) < 4.78 is 27.3. The van der Waals surface area contributed by atoms with Gasteiger partial charge in [0.15, 0.2) is 11.5 Å². The first-order valence-corrected chi connectivity index (χ1v) is 10.7. The highest BCUT2D eigenvalue weighted by atomic mass is 19.1. The molecular weight excluding hydrogens is 384 g/mol. The molecule has 2 aromatic rings. The van der Waals surface area contributed by atoms with E-state index in [1.165, 1.54) is 29.9 Å². The Labute approximate surface area is 175 Å². The molecule has 1 aliphatic heterocycles. The molecule has 158 valence electrons. The fourth-order valence-corrected chi connectivity index (χ4v) is 4.81. The van der Waals surface area contributed by atoms with Gasteiger partial charge in [-0.3, -0.25) is 9.69 Å². The van der Waals surface area contributed by atoms with Gasteiger partial charge in [-0.2, -0.15) is 0 Å². The molecule has 4 nitrogen and oxygen atoms in total. The molecule has 0 spiro atoms. The van der Waals surface area contributed by atoms with Crippen LogP contribution in [0.25, 0.3) is 0 Å². The van der Waals surface area contributed by atoms with E-state index in [-0.39, 0.29) is 18.4 Å². The third kappa shape index (κ3) is 4.09. The third-order valence-electron chi connectivity index (χ3n) is 6.25. The Morgan fingerprint density at radius 1 is 1.00 bits per heavy atom. The second-order valence-electron chi connectivity index (χ2n) is 8.43. The molecular formula is C24H27F2N3O. The fourth-order valence-electron chi connectivity index (χ4n) is 4.81. The van der Waals surface area contributed by atoms with Crippen LogP contribution < -0.4 is 5.73 Å². The van der Waals surface area contributed by atoms with Gasteiger partial charge in [0, 0.05) is 6.07 Å². The monoisotopic (exact) mass is 411 g/mol. The van der Waals surface area contributed by atoms with E-state index in [0.717, 1.165) is 37.3 Å². The van der Waals surface area contributed by atoms with Gasteiger partial charge in [-0.05, 0) is 35.6 Å². The first kappa shape index (κ1) is 20.5. The Balaban J connectivity index is 1.67. The Morgan fingerprint density at radius 3 is 2.27 bits per heavy atom. The van der Waals surface area contributed by atoms with Gasteiger partial charge in [0.2, 0.25) is 0 Å². The highest BCUT2D eigenvalue weighted by Crippen LogP contribution is 2.42. The molecule has 2 N–H and O–H groups in total. The van der Waals surface area contributed by atoms with E-state index in [1.807, 2.05) is 30.3 Å². The second-order valence-corrected chi connectivity index (χ2v) is 8.43. The Bertz CT molecular complexity index is 918. The van der Waals surface area contributed by atoms with Gasteiger partial charge in [-0.25, -0.2) is 13.8 Å². The minimum atomic E-state index is -1.08. The van der Waals surface area contributed by atoms with Crippen LogP contribution in [0, 0.1) is 17.6 Å². The first-order valence-electron chi connectivity index (χ1n) is 10.7. The van der Waals surface area contributed by atoms with Crippen molar-refractivity contribution in [2.24, 2.45) is 16.6 Å². The Hall–Kier alpha value is -2.76. The van der Waals surface area contributed by atoms with E-state index in [4.69, 9.17) is 10.7 Å². The van der Waals surface area contributed by atoms with Crippen LogP contribution in [0.15, 0.2) is 53.5 Å². The largest absolute Gasteiger partial charge is 0.369 e. The lowest BCUT2D eigenvalue weighted by molar-refractivity contribution is -0.132. The molecule has 4 rings (SSSR count). The number of amides is 1. The highest BCUT2D eigenvalue weighted by molar-refractivity contribution is 6.07. The molecule has 1 atom stereocenters. The molecule has 0 aromatic heterocycles. The van der Waals surface area contributed by atoms with Gasteiger partial charge in [0.05, 0.1) is 6.54 Å². The summed E-state index contributed by atoms with van der Waals surface area (Å²) in [6, 6.07) is 12.8. The van der Waals surface area contributed by atoms with Crippen molar-refractivity contribution in [1.82, 2.24) is 4.90 Å². The lowest BCUT2D eigenvalue weighted by Crippen LogP contribution is -2.43. The summed E-state index contributed by atoms with van der Waals surface area (Å²) in [5.41, 5.74) is 6.29. The molecule has 30 heavy (non-hydrogen) atoms. The molecule has 1 saturated carbocycles. The van der Waals surface area contributed by atoms with Gasteiger partial charge in [0.1, 0.15) is 11.6 Å². The fraction of sp³-hybridized carbons (Fsp3) is 0.417. The van der Waals surface area contributed by atoms with Crippen LogP contribution in [0.3, 0.4) is 0 Å². The number of nitrogens with zero attached hydrogens (tertiary/aromatic N) is 2. The normalized spacial score (nSPS) is 22.8. The zero-order chi connectivity index (χ0) is 21.1. The number of aliphatic imine (C=N–C) groups is 1. The maximum Gasteiger partial charge on any atom is 0.262 e. The summed E-state index contributed by atoms with van der Waals surface area (Å²) in [7, 11) is 0. The van der Waals surface area contributed by atoms with E-state index in [0.29, 0.717) is 17.9 Å². The summed E-state index contributed by atoms with van der Waals surface area (Å²) in [5.74, 6) is -1.10. The molecule has 0 saturated heterocycles. The smallest absolute Gasteiger partial charge is 0.262 e. The Morgan fingerprint density at radius 2 is 1.63 bits per heavy atom. The van der Waals surface area contributed by atoms with E-state index >= 15 is 0 Å². The topological polar surface area (TPSA) is 58.7 Å². The van der Waals surface area contributed by atoms with Crippen molar-refractivity contribution in [3.8, 4) is 0 Å². The molecule has 2 aliphatic rings. The van der Waals surface area contributed by atoms with Crippen molar-refractivity contribution in [2.45, 2.75) is 57.0 Å². The van der Waals surface area contributed by atoms with Crippen LogP contribution in [0.5, 0.6) is 0 Å². The van der Waals surface area contributed by atoms with E-state index in [9.17, 15) is 13.6 Å². The zero-order valence-electron chi connectivity index (χ0n) is 17.0. The van der Waals surface area contributed by atoms with Gasteiger partial charge in [-0.15, -0.1) is 0 Å². The molecule has 1 heterocycles. The lowest BCUT2D eigenvalue weighted by atomic mass is 9.79. The number of hydrogen-bond donors (Lipinski definition) is 1. The number of nitrogens with two attached hydrogens (primary N) is 1. The number of rotatable bonds is 5. The van der Waals surface area contributed by atoms with Crippen LogP contribution in [0.1, 0.15) is 56.1 Å². The van der Waals surface area contributed by atoms with E-state index in [1.54, 1.807) is 0 Å². The van der Waals surface area contributed by atoms with Gasteiger partial charge in [0.25, 0.3) is 5.91 Å². The van der Waals surface area contributed by atoms with Crippen molar-refractivity contribution in [3.63, 3.8) is 0 Å². The van der Waals surface area contributed by atoms with E-state index in [2.05, 4.69) is 0 Å². The number of carbonyl (C=O) groups is 1. The number of benzene rings is 2. The summed E-state index contributed by atoms with van der Waals surface area (Å²) in [4.78, 5) is 19.8. The number of halogens is 2. The predicted molar refractivity (Wildman–Crippen MR) is 112 cm³/mol. The van der Waals surface area contributed by atoms with Crippen molar-refractivity contribution in [3.05, 3.63) is 71.3 Å². The van der Waals surface area contributed by atoms with Crippen LogP contribution in [0.4, 0.5) is 8.78 Å². The minimum absolute atomic E-state index is 0.0118. The van der Waals surface area contributed by atoms with Gasteiger partial charge < -0.3 is 5.73 Å². The molecule has 1 unspecified atom stereocenters. The first-order chi connectivity index (χ1) is 14.5. The maximum absolute atomic E-state index is 13.7. The van der Waals surface area contributed by atoms with Crippen molar-refractivity contribution < 1.29 is 13.6 Å². The van der Waals surface area contributed by atoms with Crippen LogP contribution in [-0.2, 0) is 16.9 Å². The quantitative estimate of drug-likeness (QED) is 0.713. The average Bonchev–Trinajstić information content (AvgIpc) is 2.89. The zero-order valence-corrected chi connectivity index (χ0v) is 17.0. The third-order valence-corrected chi connectivity index (χ3v) is 6.25. The van der Waals surface area contributed by atoms with Crippen LogP contribution in [-0.4, -0.2) is 16.8 Å². The number of guanidine groups is 1. The molecule has 1 fully saturated rings. The lowest BCUT2D eigenvalue weighted by Gasteiger charge is -2.30. The standard InChI is InChI=1S/C24H27F2N3O/c25-20-12-18(13-21(26)14-20)16-29-22(30)24(28-23(29)27,19-10-6-3-7-11-19)15-17-8-4-1-2-5-9-17/h3,6-7,10-14,17H,1-2,4-5,8-9,15-16H2,(H2,27,28). The van der Waals surface area contributed by atoms with E-state index < -0.39 is 17.2 Å². The summed E-state index contributed by atoms with van der Waals surface area (Å²) >= 11 is 0. The molecule has 1 aliphatic carbocycles. The van der Waals surface area contributed by atoms with Crippen molar-refractivity contribution in [1.29, 1.82) is 0 Å². The molecule has 6 heteroatoms. The number of hydrogen-bond acceptors (Lipinski definition) is 3. The minimum Gasteiger partial charge on any atom is -0.369 e. The molecule has 0 radical (unpaired) electrons. The van der Waals surface area contributed by atoms with Gasteiger partial charge >= 0.3 is 0 Å². The highest BCUT2D eigenvalue weighted by Gasteiger charge is 2.50. The van der Waals surface area contributed by atoms with Crippen molar-refractivity contribution >= 4 is 11.9 Å². The predicted octanol–water partition coefficient (Wildman–Crippen LogP) is 4.88. The SMILES string of the molecule is NC1=NC(CC2CCCCCC2)(c2ccccc2)C(=O)N1Cc1cc(F)cc(F)c1. The molecule has 2 aromatic carbocycles. The summed E-state index contributed by atoms with van der Waals surface area (Å²) in [6.45, 7) is -0.0118. The summed E-state index contributed by atoms with van der Waals surface area (Å²) in [6.07, 6.45) is 7.53. The van der Waals surface area contributed by atoms with Gasteiger partial charge in [-0.1, -0.05) is 68.9 Å². The summed E-state index contributed by atoms with van der Waals surface area (Å²) in [5, 5.41) is 0. The van der Waals surface area contributed by atoms with Crippen molar-refractivity contribution in [2.75, 3.05) is 0 Å². The van der Waals surface area contributed by atoms with Crippen LogP contribution >= 0.6 is 0 Å². The molecule has 0 bridgehead atoms.